The van der Waals surface area contributed by atoms with Gasteiger partial charge >= 0.3 is 6.18 Å². The second-order valence-corrected chi connectivity index (χ2v) is 5.34. The number of aromatic nitrogens is 1. The summed E-state index contributed by atoms with van der Waals surface area (Å²) in [5, 5.41) is 11.1. The minimum atomic E-state index is -4.43. The fourth-order valence-electron chi connectivity index (χ4n) is 2.47. The zero-order valence-electron chi connectivity index (χ0n) is 13.2. The van der Waals surface area contributed by atoms with Gasteiger partial charge in [-0.25, -0.2) is 0 Å². The van der Waals surface area contributed by atoms with Crippen LogP contribution in [0, 0.1) is 5.21 Å². The van der Waals surface area contributed by atoms with E-state index in [9.17, 15) is 23.2 Å². The van der Waals surface area contributed by atoms with Crippen molar-refractivity contribution in [3.63, 3.8) is 0 Å². The SMILES string of the molecule is CCN(C(=O)c1cc[n+]([O-])cc1)[C@H](C)c1cccc(C(F)(F)F)c1. The zero-order chi connectivity index (χ0) is 17.9. The maximum atomic E-state index is 12.9. The fraction of sp³-hybridized carbons (Fsp3) is 0.294. The first-order valence-electron chi connectivity index (χ1n) is 7.41. The molecule has 2 rings (SSSR count). The molecule has 24 heavy (non-hydrogen) atoms. The summed E-state index contributed by atoms with van der Waals surface area (Å²) in [7, 11) is 0. The highest BCUT2D eigenvalue weighted by Crippen LogP contribution is 2.32. The monoisotopic (exact) mass is 338 g/mol. The van der Waals surface area contributed by atoms with Gasteiger partial charge in [0.15, 0.2) is 12.4 Å². The Hall–Kier alpha value is -2.57. The standard InChI is InChI=1S/C17H17F3N2O2/c1-3-22(16(23)13-7-9-21(24)10-8-13)12(2)14-5-4-6-15(11-14)17(18,19)20/h4-12H,3H2,1-2H3/t12-/m1/s1. The molecule has 0 bridgehead atoms. The summed E-state index contributed by atoms with van der Waals surface area (Å²) in [6.45, 7) is 3.74. The normalized spacial score (nSPS) is 12.7. The Morgan fingerprint density at radius 1 is 1.25 bits per heavy atom. The Morgan fingerprint density at radius 2 is 1.88 bits per heavy atom. The lowest BCUT2D eigenvalue weighted by molar-refractivity contribution is -0.605. The van der Waals surface area contributed by atoms with Crippen molar-refractivity contribution < 1.29 is 22.7 Å². The molecule has 0 spiro atoms. The molecule has 0 aliphatic rings. The molecule has 0 fully saturated rings. The topological polar surface area (TPSA) is 47.2 Å². The van der Waals surface area contributed by atoms with Gasteiger partial charge in [-0.1, -0.05) is 12.1 Å². The number of alkyl halides is 3. The lowest BCUT2D eigenvalue weighted by atomic mass is 10.0. The number of pyridine rings is 1. The molecule has 0 aliphatic heterocycles. The lowest BCUT2D eigenvalue weighted by Gasteiger charge is -2.29. The predicted molar refractivity (Wildman–Crippen MR) is 82.0 cm³/mol. The molecule has 0 unspecified atom stereocenters. The Balaban J connectivity index is 2.30. The summed E-state index contributed by atoms with van der Waals surface area (Å²) in [6, 6.07) is 7.18. The maximum Gasteiger partial charge on any atom is 0.416 e. The van der Waals surface area contributed by atoms with Crippen molar-refractivity contribution in [3.8, 4) is 0 Å². The number of carbonyl (C=O) groups excluding carboxylic acids is 1. The van der Waals surface area contributed by atoms with E-state index in [-0.39, 0.29) is 5.91 Å². The van der Waals surface area contributed by atoms with Gasteiger partial charge in [0.25, 0.3) is 5.91 Å². The van der Waals surface area contributed by atoms with Gasteiger partial charge in [0.05, 0.1) is 17.2 Å². The minimum Gasteiger partial charge on any atom is -0.619 e. The summed E-state index contributed by atoms with van der Waals surface area (Å²) in [5.74, 6) is -0.344. The van der Waals surface area contributed by atoms with Crippen molar-refractivity contribution in [3.05, 3.63) is 70.7 Å². The van der Waals surface area contributed by atoms with Crippen LogP contribution < -0.4 is 4.73 Å². The number of hydrogen-bond acceptors (Lipinski definition) is 2. The molecule has 1 aromatic heterocycles. The summed E-state index contributed by atoms with van der Waals surface area (Å²) in [5.41, 5.74) is -0.0416. The van der Waals surface area contributed by atoms with Crippen molar-refractivity contribution in [2.24, 2.45) is 0 Å². The van der Waals surface area contributed by atoms with Crippen LogP contribution in [0.1, 0.15) is 41.4 Å². The first-order valence-corrected chi connectivity index (χ1v) is 7.41. The van der Waals surface area contributed by atoms with E-state index in [2.05, 4.69) is 0 Å². The average Bonchev–Trinajstić information content (AvgIpc) is 2.55. The number of halogens is 3. The third-order valence-electron chi connectivity index (χ3n) is 3.81. The van der Waals surface area contributed by atoms with Crippen LogP contribution in [0.15, 0.2) is 48.8 Å². The summed E-state index contributed by atoms with van der Waals surface area (Å²) < 4.78 is 39.1. The van der Waals surface area contributed by atoms with Crippen LogP contribution in [0.3, 0.4) is 0 Å². The predicted octanol–water partition coefficient (Wildman–Crippen LogP) is 3.56. The van der Waals surface area contributed by atoms with E-state index in [0.29, 0.717) is 22.4 Å². The van der Waals surface area contributed by atoms with Crippen LogP contribution in [-0.4, -0.2) is 17.4 Å². The minimum absolute atomic E-state index is 0.308. The van der Waals surface area contributed by atoms with E-state index < -0.39 is 17.8 Å². The van der Waals surface area contributed by atoms with Crippen LogP contribution in [0.25, 0.3) is 0 Å². The first-order chi connectivity index (χ1) is 11.2. The fourth-order valence-corrected chi connectivity index (χ4v) is 2.47. The number of nitrogens with zero attached hydrogens (tertiary/aromatic N) is 2. The smallest absolute Gasteiger partial charge is 0.416 e. The van der Waals surface area contributed by atoms with Crippen molar-refractivity contribution in [1.29, 1.82) is 0 Å². The molecule has 2 aromatic rings. The molecule has 1 amide bonds. The van der Waals surface area contributed by atoms with Crippen LogP contribution in [0.2, 0.25) is 0 Å². The summed E-state index contributed by atoms with van der Waals surface area (Å²) >= 11 is 0. The molecule has 1 aromatic carbocycles. The van der Waals surface area contributed by atoms with Crippen LogP contribution in [0.5, 0.6) is 0 Å². The quantitative estimate of drug-likeness (QED) is 0.632. The number of benzene rings is 1. The number of hydrogen-bond donors (Lipinski definition) is 0. The van der Waals surface area contributed by atoms with Crippen LogP contribution in [0.4, 0.5) is 13.2 Å². The van der Waals surface area contributed by atoms with Crippen molar-refractivity contribution >= 4 is 5.91 Å². The summed E-state index contributed by atoms with van der Waals surface area (Å²) in [4.78, 5) is 14.0. The van der Waals surface area contributed by atoms with E-state index in [0.717, 1.165) is 12.1 Å². The summed E-state index contributed by atoms with van der Waals surface area (Å²) in [6.07, 6.45) is -2.02. The first kappa shape index (κ1) is 17.8. The van der Waals surface area contributed by atoms with E-state index in [4.69, 9.17) is 0 Å². The van der Waals surface area contributed by atoms with Gasteiger partial charge in [0.2, 0.25) is 0 Å². The van der Waals surface area contributed by atoms with Gasteiger partial charge in [-0.05, 0) is 31.5 Å². The average molecular weight is 338 g/mol. The van der Waals surface area contributed by atoms with Gasteiger partial charge in [0, 0.05) is 18.7 Å². The van der Waals surface area contributed by atoms with Gasteiger partial charge < -0.3 is 10.1 Å². The molecule has 7 heteroatoms. The Morgan fingerprint density at radius 3 is 2.42 bits per heavy atom. The van der Waals surface area contributed by atoms with E-state index in [1.807, 2.05) is 0 Å². The van der Waals surface area contributed by atoms with Crippen molar-refractivity contribution in [2.75, 3.05) is 6.54 Å². The van der Waals surface area contributed by atoms with Gasteiger partial charge in [-0.2, -0.15) is 17.9 Å². The van der Waals surface area contributed by atoms with Crippen molar-refractivity contribution in [2.45, 2.75) is 26.1 Å². The third-order valence-corrected chi connectivity index (χ3v) is 3.81. The third kappa shape index (κ3) is 3.84. The molecule has 0 N–H and O–H groups in total. The largest absolute Gasteiger partial charge is 0.619 e. The number of rotatable bonds is 4. The number of carbonyl (C=O) groups is 1. The van der Waals surface area contributed by atoms with E-state index >= 15 is 0 Å². The second-order valence-electron chi connectivity index (χ2n) is 5.34. The lowest BCUT2D eigenvalue weighted by Crippen LogP contribution is -2.34. The molecule has 1 heterocycles. The Labute approximate surface area is 137 Å². The van der Waals surface area contributed by atoms with Crippen molar-refractivity contribution in [1.82, 2.24) is 4.90 Å². The molecular weight excluding hydrogens is 321 g/mol. The van der Waals surface area contributed by atoms with E-state index in [1.165, 1.54) is 35.5 Å². The van der Waals surface area contributed by atoms with E-state index in [1.54, 1.807) is 19.9 Å². The highest BCUT2D eigenvalue weighted by Gasteiger charge is 2.31. The Kier molecular flexibility index (Phi) is 5.11. The highest BCUT2D eigenvalue weighted by molar-refractivity contribution is 5.94. The molecule has 0 saturated carbocycles. The van der Waals surface area contributed by atoms with Crippen LogP contribution >= 0.6 is 0 Å². The maximum absolute atomic E-state index is 12.9. The Bertz CT molecular complexity index is 715. The molecular formula is C17H17F3N2O2. The van der Waals surface area contributed by atoms with Gasteiger partial charge in [-0.15, -0.1) is 0 Å². The zero-order valence-corrected chi connectivity index (χ0v) is 13.2. The molecule has 4 nitrogen and oxygen atoms in total. The molecule has 0 aliphatic carbocycles. The van der Waals surface area contributed by atoms with Crippen LogP contribution in [-0.2, 0) is 6.18 Å². The van der Waals surface area contributed by atoms with Gasteiger partial charge in [-0.3, -0.25) is 4.79 Å². The molecule has 0 radical (unpaired) electrons. The highest BCUT2D eigenvalue weighted by atomic mass is 19.4. The molecule has 128 valence electrons. The molecule has 0 saturated heterocycles. The molecule has 1 atom stereocenters. The van der Waals surface area contributed by atoms with Gasteiger partial charge in [0.1, 0.15) is 0 Å². The second kappa shape index (κ2) is 6.90. The number of amides is 1.